The Morgan fingerprint density at radius 1 is 1.27 bits per heavy atom. The average molecular weight is 154 g/mol. The molecule has 2 saturated heterocycles. The number of nitrogens with one attached hydrogen (secondary N) is 2. The van der Waals surface area contributed by atoms with E-state index in [1.54, 1.807) is 0 Å². The summed E-state index contributed by atoms with van der Waals surface area (Å²) in [6.45, 7) is 1.89. The molecule has 0 spiro atoms. The smallest absolute Gasteiger partial charge is 0.237 e. The van der Waals surface area contributed by atoms with Crippen molar-refractivity contribution in [2.24, 2.45) is 5.92 Å². The lowest BCUT2D eigenvalue weighted by molar-refractivity contribution is -0.126. The molecule has 2 N–H and O–H groups in total. The number of hydrogen-bond acceptors (Lipinski definition) is 2. The van der Waals surface area contributed by atoms with Gasteiger partial charge >= 0.3 is 0 Å². The first kappa shape index (κ1) is 7.10. The Morgan fingerprint density at radius 3 is 3.00 bits per heavy atom. The van der Waals surface area contributed by atoms with Crippen LogP contribution in [-0.4, -0.2) is 25.0 Å². The van der Waals surface area contributed by atoms with Crippen LogP contribution in [0.15, 0.2) is 0 Å². The number of carbonyl (C=O) groups excluding carboxylic acids is 1. The molecule has 3 heteroatoms. The summed E-state index contributed by atoms with van der Waals surface area (Å²) in [5, 5.41) is 6.14. The zero-order chi connectivity index (χ0) is 7.68. The summed E-state index contributed by atoms with van der Waals surface area (Å²) in [6.07, 6.45) is 3.61. The fraction of sp³-hybridized carbons (Fsp3) is 0.875. The van der Waals surface area contributed by atoms with Gasteiger partial charge in [-0.05, 0) is 31.7 Å². The second kappa shape index (κ2) is 2.81. The van der Waals surface area contributed by atoms with E-state index in [0.717, 1.165) is 19.5 Å². The second-order valence-corrected chi connectivity index (χ2v) is 3.41. The van der Waals surface area contributed by atoms with Crippen LogP contribution in [0, 0.1) is 5.92 Å². The van der Waals surface area contributed by atoms with E-state index in [1.165, 1.54) is 12.8 Å². The van der Waals surface area contributed by atoms with Gasteiger partial charge in [0.15, 0.2) is 0 Å². The normalized spacial score (nSPS) is 37.6. The largest absolute Gasteiger partial charge is 0.355 e. The maximum absolute atomic E-state index is 11.3. The van der Waals surface area contributed by atoms with Crippen molar-refractivity contribution in [3.8, 4) is 0 Å². The van der Waals surface area contributed by atoms with E-state index < -0.39 is 0 Å². The zero-order valence-electron chi connectivity index (χ0n) is 6.60. The molecule has 0 radical (unpaired) electrons. The molecular weight excluding hydrogens is 140 g/mol. The SMILES string of the molecule is O=C1NCC[C@@H]2CCCN[C@@H]12. The van der Waals surface area contributed by atoms with Crippen LogP contribution in [-0.2, 0) is 4.79 Å². The fourth-order valence-electron chi connectivity index (χ4n) is 2.06. The third-order valence-electron chi connectivity index (χ3n) is 2.68. The van der Waals surface area contributed by atoms with Gasteiger partial charge in [-0.15, -0.1) is 0 Å². The molecule has 2 heterocycles. The Labute approximate surface area is 66.5 Å². The van der Waals surface area contributed by atoms with Gasteiger partial charge in [-0.2, -0.15) is 0 Å². The Bertz CT molecular complexity index is 167. The van der Waals surface area contributed by atoms with Crippen LogP contribution in [0.4, 0.5) is 0 Å². The van der Waals surface area contributed by atoms with Crippen molar-refractivity contribution in [1.29, 1.82) is 0 Å². The van der Waals surface area contributed by atoms with E-state index in [-0.39, 0.29) is 11.9 Å². The highest BCUT2D eigenvalue weighted by molar-refractivity contribution is 5.82. The summed E-state index contributed by atoms with van der Waals surface area (Å²) < 4.78 is 0. The van der Waals surface area contributed by atoms with Crippen molar-refractivity contribution >= 4 is 5.91 Å². The Hall–Kier alpha value is -0.570. The van der Waals surface area contributed by atoms with Crippen molar-refractivity contribution in [2.75, 3.05) is 13.1 Å². The molecule has 62 valence electrons. The molecule has 0 aromatic carbocycles. The molecule has 0 aromatic heterocycles. The molecule has 0 aliphatic carbocycles. The quantitative estimate of drug-likeness (QED) is 0.510. The van der Waals surface area contributed by atoms with Crippen LogP contribution in [0.2, 0.25) is 0 Å². The second-order valence-electron chi connectivity index (χ2n) is 3.41. The molecule has 0 aromatic rings. The molecule has 2 fully saturated rings. The maximum atomic E-state index is 11.3. The lowest BCUT2D eigenvalue weighted by atomic mass is 9.85. The topological polar surface area (TPSA) is 41.1 Å². The van der Waals surface area contributed by atoms with Gasteiger partial charge < -0.3 is 10.6 Å². The summed E-state index contributed by atoms with van der Waals surface area (Å²) in [5.41, 5.74) is 0. The van der Waals surface area contributed by atoms with E-state index in [1.807, 2.05) is 0 Å². The first-order valence-electron chi connectivity index (χ1n) is 4.39. The van der Waals surface area contributed by atoms with E-state index >= 15 is 0 Å². The van der Waals surface area contributed by atoms with Crippen molar-refractivity contribution in [1.82, 2.24) is 10.6 Å². The monoisotopic (exact) mass is 154 g/mol. The first-order valence-corrected chi connectivity index (χ1v) is 4.39. The van der Waals surface area contributed by atoms with Crippen LogP contribution < -0.4 is 10.6 Å². The standard InChI is InChI=1S/C8H14N2O/c11-8-7-6(3-5-10-8)2-1-4-9-7/h6-7,9H,1-5H2,(H,10,11)/t6-,7+/m0/s1. The van der Waals surface area contributed by atoms with Gasteiger partial charge in [-0.25, -0.2) is 0 Å². The number of hydrogen-bond donors (Lipinski definition) is 2. The third kappa shape index (κ3) is 1.25. The molecule has 11 heavy (non-hydrogen) atoms. The first-order chi connectivity index (χ1) is 5.38. The van der Waals surface area contributed by atoms with Gasteiger partial charge in [-0.3, -0.25) is 4.79 Å². The molecule has 1 amide bonds. The van der Waals surface area contributed by atoms with Crippen molar-refractivity contribution < 1.29 is 4.79 Å². The van der Waals surface area contributed by atoms with Crippen LogP contribution in [0.5, 0.6) is 0 Å². The summed E-state index contributed by atoms with van der Waals surface area (Å²) in [7, 11) is 0. The predicted molar refractivity (Wildman–Crippen MR) is 42.1 cm³/mol. The lowest BCUT2D eigenvalue weighted by Crippen LogP contribution is -2.55. The third-order valence-corrected chi connectivity index (χ3v) is 2.68. The molecular formula is C8H14N2O. The van der Waals surface area contributed by atoms with Crippen molar-refractivity contribution in [3.63, 3.8) is 0 Å². The average Bonchev–Trinajstić information content (AvgIpc) is 2.06. The zero-order valence-corrected chi connectivity index (χ0v) is 6.60. The minimum atomic E-state index is 0.123. The number of carbonyl (C=O) groups is 1. The van der Waals surface area contributed by atoms with Crippen LogP contribution in [0.3, 0.4) is 0 Å². The summed E-state index contributed by atoms with van der Waals surface area (Å²) in [4.78, 5) is 11.3. The molecule has 2 aliphatic heterocycles. The van der Waals surface area contributed by atoms with Crippen LogP contribution in [0.1, 0.15) is 19.3 Å². The molecule has 0 unspecified atom stereocenters. The molecule has 0 bridgehead atoms. The van der Waals surface area contributed by atoms with E-state index in [0.29, 0.717) is 5.92 Å². The minimum Gasteiger partial charge on any atom is -0.355 e. The number of piperidine rings is 2. The molecule has 2 aliphatic rings. The predicted octanol–water partition coefficient (Wildman–Crippen LogP) is -0.126. The van der Waals surface area contributed by atoms with E-state index in [9.17, 15) is 4.79 Å². The molecule has 2 atom stereocenters. The number of fused-ring (bicyclic) bond motifs is 1. The highest BCUT2D eigenvalue weighted by Gasteiger charge is 2.32. The summed E-state index contributed by atoms with van der Waals surface area (Å²) >= 11 is 0. The molecule has 2 rings (SSSR count). The fourth-order valence-corrected chi connectivity index (χ4v) is 2.06. The van der Waals surface area contributed by atoms with Gasteiger partial charge in [0.25, 0.3) is 0 Å². The highest BCUT2D eigenvalue weighted by Crippen LogP contribution is 2.22. The van der Waals surface area contributed by atoms with Gasteiger partial charge in [0, 0.05) is 6.54 Å². The van der Waals surface area contributed by atoms with E-state index in [2.05, 4.69) is 10.6 Å². The van der Waals surface area contributed by atoms with Gasteiger partial charge in [0.1, 0.15) is 0 Å². The lowest BCUT2D eigenvalue weighted by Gasteiger charge is -2.35. The molecule has 3 nitrogen and oxygen atoms in total. The Balaban J connectivity index is 2.05. The maximum Gasteiger partial charge on any atom is 0.237 e. The summed E-state index contributed by atoms with van der Waals surface area (Å²) in [5.74, 6) is 0.818. The number of amides is 1. The van der Waals surface area contributed by atoms with Crippen LogP contribution >= 0.6 is 0 Å². The summed E-state index contributed by atoms with van der Waals surface area (Å²) in [6, 6.07) is 0.123. The highest BCUT2D eigenvalue weighted by atomic mass is 16.2. The minimum absolute atomic E-state index is 0.123. The van der Waals surface area contributed by atoms with Crippen molar-refractivity contribution in [3.05, 3.63) is 0 Å². The van der Waals surface area contributed by atoms with E-state index in [4.69, 9.17) is 0 Å². The van der Waals surface area contributed by atoms with Gasteiger partial charge in [-0.1, -0.05) is 0 Å². The van der Waals surface area contributed by atoms with Gasteiger partial charge in [0.2, 0.25) is 5.91 Å². The number of rotatable bonds is 0. The van der Waals surface area contributed by atoms with Gasteiger partial charge in [0.05, 0.1) is 6.04 Å². The van der Waals surface area contributed by atoms with Crippen molar-refractivity contribution in [2.45, 2.75) is 25.3 Å². The Kier molecular flexibility index (Phi) is 1.82. The molecule has 0 saturated carbocycles. The Morgan fingerprint density at radius 2 is 2.18 bits per heavy atom. The van der Waals surface area contributed by atoms with Crippen LogP contribution in [0.25, 0.3) is 0 Å².